The third kappa shape index (κ3) is 16.6. The lowest BCUT2D eigenvalue weighted by Gasteiger charge is -1.98. The molecular weight excluding hydrogens is 236 g/mol. The molecule has 0 bridgehead atoms. The predicted octanol–water partition coefficient (Wildman–Crippen LogP) is 4.39. The highest BCUT2D eigenvalue weighted by Gasteiger charge is 1.95. The van der Waals surface area contributed by atoms with E-state index in [0.717, 1.165) is 44.9 Å². The summed E-state index contributed by atoms with van der Waals surface area (Å²) >= 11 is 0. The fraction of sp³-hybridized carbons (Fsp3) is 0.706. The van der Waals surface area contributed by atoms with Gasteiger partial charge in [0, 0.05) is 19.3 Å². The largest absolute Gasteiger partial charge is 0.481 e. The number of aliphatic carboxylic acids is 1. The van der Waals surface area contributed by atoms with Gasteiger partial charge in [0.05, 0.1) is 0 Å². The molecule has 0 aliphatic carbocycles. The van der Waals surface area contributed by atoms with Crippen molar-refractivity contribution in [1.29, 1.82) is 0 Å². The molecule has 0 fully saturated rings. The first-order valence-corrected chi connectivity index (χ1v) is 7.45. The van der Waals surface area contributed by atoms with E-state index in [1.54, 1.807) is 0 Å². The average molecular weight is 262 g/mol. The molecule has 0 aliphatic heterocycles. The van der Waals surface area contributed by atoms with E-state index in [1.165, 1.54) is 19.3 Å². The van der Waals surface area contributed by atoms with Crippen LogP contribution in [0.4, 0.5) is 0 Å². The Morgan fingerprint density at radius 3 is 1.95 bits per heavy atom. The summed E-state index contributed by atoms with van der Waals surface area (Å²) in [6.45, 7) is 2.16. The molecule has 0 heterocycles. The van der Waals surface area contributed by atoms with Crippen molar-refractivity contribution in [3.8, 4) is 23.7 Å². The zero-order chi connectivity index (χ0) is 14.2. The summed E-state index contributed by atoms with van der Waals surface area (Å²) in [4.78, 5) is 10.3. The summed E-state index contributed by atoms with van der Waals surface area (Å²) < 4.78 is 0. The van der Waals surface area contributed by atoms with E-state index >= 15 is 0 Å². The Morgan fingerprint density at radius 2 is 1.37 bits per heavy atom. The van der Waals surface area contributed by atoms with Crippen LogP contribution in [0.15, 0.2) is 0 Å². The second kappa shape index (κ2) is 14.7. The van der Waals surface area contributed by atoms with Crippen LogP contribution < -0.4 is 0 Å². The third-order valence-electron chi connectivity index (χ3n) is 2.84. The van der Waals surface area contributed by atoms with Gasteiger partial charge < -0.3 is 5.11 Å². The van der Waals surface area contributed by atoms with E-state index in [2.05, 4.69) is 30.6 Å². The Labute approximate surface area is 118 Å². The molecule has 2 nitrogen and oxygen atoms in total. The van der Waals surface area contributed by atoms with Gasteiger partial charge in [0.2, 0.25) is 0 Å². The average Bonchev–Trinajstić information content (AvgIpc) is 2.39. The summed E-state index contributed by atoms with van der Waals surface area (Å²) in [6.07, 6.45) is 11.0. The van der Waals surface area contributed by atoms with Crippen molar-refractivity contribution in [1.82, 2.24) is 0 Å². The lowest BCUT2D eigenvalue weighted by molar-refractivity contribution is -0.137. The second-order valence-electron chi connectivity index (χ2n) is 4.72. The molecule has 0 saturated heterocycles. The molecule has 0 aromatic rings. The van der Waals surface area contributed by atoms with E-state index in [1.807, 2.05) is 0 Å². The number of hydrogen-bond donors (Lipinski definition) is 1. The number of carboxylic acids is 1. The number of carbonyl (C=O) groups is 1. The third-order valence-corrected chi connectivity index (χ3v) is 2.84. The highest BCUT2D eigenvalue weighted by Crippen LogP contribution is 2.08. The van der Waals surface area contributed by atoms with Gasteiger partial charge in [-0.2, -0.15) is 0 Å². The smallest absolute Gasteiger partial charge is 0.303 e. The fourth-order valence-electron chi connectivity index (χ4n) is 1.68. The minimum Gasteiger partial charge on any atom is -0.481 e. The zero-order valence-electron chi connectivity index (χ0n) is 12.1. The summed E-state index contributed by atoms with van der Waals surface area (Å²) in [5.41, 5.74) is 0. The van der Waals surface area contributed by atoms with Crippen molar-refractivity contribution in [3.63, 3.8) is 0 Å². The van der Waals surface area contributed by atoms with Gasteiger partial charge in [0.1, 0.15) is 0 Å². The van der Waals surface area contributed by atoms with Gasteiger partial charge in [-0.05, 0) is 31.1 Å². The molecule has 19 heavy (non-hydrogen) atoms. The van der Waals surface area contributed by atoms with Gasteiger partial charge in [-0.25, -0.2) is 0 Å². The maximum atomic E-state index is 10.3. The van der Waals surface area contributed by atoms with Crippen LogP contribution in [0.2, 0.25) is 0 Å². The maximum Gasteiger partial charge on any atom is 0.303 e. The zero-order valence-corrected chi connectivity index (χ0v) is 12.1. The first-order valence-electron chi connectivity index (χ1n) is 7.45. The molecule has 0 aromatic carbocycles. The first-order chi connectivity index (χ1) is 9.27. The quantitative estimate of drug-likeness (QED) is 0.468. The molecule has 0 spiro atoms. The van der Waals surface area contributed by atoms with Crippen LogP contribution in [0, 0.1) is 23.7 Å². The second-order valence-corrected chi connectivity index (χ2v) is 4.72. The summed E-state index contributed by atoms with van der Waals surface area (Å²) in [5.74, 6) is 11.2. The molecule has 0 aromatic heterocycles. The van der Waals surface area contributed by atoms with E-state index in [4.69, 9.17) is 5.11 Å². The molecule has 0 rings (SSSR count). The molecule has 0 amide bonds. The number of unbranched alkanes of at least 4 members (excludes halogenated alkanes) is 8. The van der Waals surface area contributed by atoms with Crippen LogP contribution in [-0.2, 0) is 4.79 Å². The van der Waals surface area contributed by atoms with Crippen LogP contribution >= 0.6 is 0 Å². The SMILES string of the molecule is CCCCC#CC#CCCCCCCCCC(=O)O. The van der Waals surface area contributed by atoms with Gasteiger partial charge >= 0.3 is 5.97 Å². The predicted molar refractivity (Wildman–Crippen MR) is 79.6 cm³/mol. The minimum absolute atomic E-state index is 0.308. The van der Waals surface area contributed by atoms with Crippen LogP contribution in [-0.4, -0.2) is 11.1 Å². The highest BCUT2D eigenvalue weighted by molar-refractivity contribution is 5.66. The Balaban J connectivity index is 3.24. The summed E-state index contributed by atoms with van der Waals surface area (Å²) in [5, 5.41) is 8.48. The molecule has 0 saturated carbocycles. The maximum absolute atomic E-state index is 10.3. The van der Waals surface area contributed by atoms with Gasteiger partial charge in [0.25, 0.3) is 0 Å². The fourth-order valence-corrected chi connectivity index (χ4v) is 1.68. The Kier molecular flexibility index (Phi) is 13.6. The molecule has 0 radical (unpaired) electrons. The summed E-state index contributed by atoms with van der Waals surface area (Å²) in [7, 11) is 0. The molecule has 0 atom stereocenters. The van der Waals surface area contributed by atoms with Crippen molar-refractivity contribution in [2.24, 2.45) is 0 Å². The number of rotatable bonds is 10. The number of carboxylic acid groups (broad SMARTS) is 1. The monoisotopic (exact) mass is 262 g/mol. The standard InChI is InChI=1S/C17H26O2/c1-2-3-4-5-6-7-8-9-10-11-12-13-14-15-16-17(18)19/h2-4,9-16H2,1H3,(H,18,19). The van der Waals surface area contributed by atoms with Crippen molar-refractivity contribution in [2.75, 3.05) is 0 Å². The van der Waals surface area contributed by atoms with Crippen LogP contribution in [0.3, 0.4) is 0 Å². The van der Waals surface area contributed by atoms with Crippen molar-refractivity contribution in [3.05, 3.63) is 0 Å². The molecule has 0 unspecified atom stereocenters. The van der Waals surface area contributed by atoms with Crippen LogP contribution in [0.5, 0.6) is 0 Å². The lowest BCUT2D eigenvalue weighted by Crippen LogP contribution is -1.93. The van der Waals surface area contributed by atoms with Crippen molar-refractivity contribution in [2.45, 2.75) is 77.6 Å². The Morgan fingerprint density at radius 1 is 0.842 bits per heavy atom. The molecule has 1 N–H and O–H groups in total. The van der Waals surface area contributed by atoms with Gasteiger partial charge in [-0.15, -0.1) is 0 Å². The van der Waals surface area contributed by atoms with Gasteiger partial charge in [-0.3, -0.25) is 4.79 Å². The lowest BCUT2D eigenvalue weighted by atomic mass is 10.1. The minimum atomic E-state index is -0.685. The highest BCUT2D eigenvalue weighted by atomic mass is 16.4. The Bertz CT molecular complexity index is 336. The van der Waals surface area contributed by atoms with Crippen LogP contribution in [0.25, 0.3) is 0 Å². The summed E-state index contributed by atoms with van der Waals surface area (Å²) in [6, 6.07) is 0. The molecule has 0 aliphatic rings. The van der Waals surface area contributed by atoms with E-state index in [-0.39, 0.29) is 0 Å². The van der Waals surface area contributed by atoms with Gasteiger partial charge in [-0.1, -0.05) is 50.9 Å². The normalized spacial score (nSPS) is 9.11. The van der Waals surface area contributed by atoms with Crippen molar-refractivity contribution < 1.29 is 9.90 Å². The van der Waals surface area contributed by atoms with Gasteiger partial charge in [0.15, 0.2) is 0 Å². The van der Waals surface area contributed by atoms with E-state index < -0.39 is 5.97 Å². The Hall–Kier alpha value is -1.41. The van der Waals surface area contributed by atoms with Crippen molar-refractivity contribution >= 4 is 5.97 Å². The molecule has 106 valence electrons. The number of hydrogen-bond acceptors (Lipinski definition) is 1. The van der Waals surface area contributed by atoms with E-state index in [0.29, 0.717) is 6.42 Å². The molecule has 2 heteroatoms. The topological polar surface area (TPSA) is 37.3 Å². The first kappa shape index (κ1) is 17.6. The van der Waals surface area contributed by atoms with Crippen LogP contribution in [0.1, 0.15) is 77.6 Å². The molecular formula is C17H26O2. The van der Waals surface area contributed by atoms with E-state index in [9.17, 15) is 4.79 Å².